The molecule has 0 bridgehead atoms. The number of amides is 2. The van der Waals surface area contributed by atoms with E-state index in [1.807, 2.05) is 6.08 Å². The predicted molar refractivity (Wildman–Crippen MR) is 210 cm³/mol. The molecular weight excluding hydrogens is 867 g/mol. The lowest BCUT2D eigenvalue weighted by Crippen LogP contribution is -2.46. The third kappa shape index (κ3) is 16.9. The first kappa shape index (κ1) is 50.7. The zero-order chi connectivity index (χ0) is 44.0. The molecule has 0 radical (unpaired) electrons. The third-order valence-electron chi connectivity index (χ3n) is 8.47. The number of aliphatic hydroxyl groups is 2. The molecule has 1 aliphatic heterocycles. The Bertz CT molecular complexity index is 1900. The fourth-order valence-corrected chi connectivity index (χ4v) is 8.80. The Morgan fingerprint density at radius 1 is 1.03 bits per heavy atom. The van der Waals surface area contributed by atoms with Crippen molar-refractivity contribution in [1.82, 2.24) is 30.2 Å². The van der Waals surface area contributed by atoms with Crippen LogP contribution in [-0.4, -0.2) is 123 Å². The first-order valence-corrected chi connectivity index (χ1v) is 23.8. The lowest BCUT2D eigenvalue weighted by Gasteiger charge is -2.30. The molecule has 2 aromatic heterocycles. The van der Waals surface area contributed by atoms with Crippen LogP contribution in [0, 0.1) is 5.41 Å². The smallest absolute Gasteiger partial charge is 0.386 e. The molecule has 3 heterocycles. The van der Waals surface area contributed by atoms with Crippen LogP contribution in [-0.2, 0) is 50.7 Å². The molecular formula is C31H52N7O17P3S. The molecule has 24 nitrogen and oxygen atoms in total. The number of phosphoric acid groups is 3. The summed E-state index contributed by atoms with van der Waals surface area (Å²) in [7, 11) is -16.4. The minimum atomic E-state index is -5.57. The quantitative estimate of drug-likeness (QED) is 0.0367. The second kappa shape index (κ2) is 22.9. The molecule has 2 amide bonds. The summed E-state index contributed by atoms with van der Waals surface area (Å²) in [5.74, 6) is -1.11. The molecule has 1 fully saturated rings. The van der Waals surface area contributed by atoms with E-state index in [0.717, 1.165) is 54.7 Å². The van der Waals surface area contributed by atoms with Crippen molar-refractivity contribution in [2.24, 2.45) is 5.41 Å². The Hall–Kier alpha value is -2.70. The number of rotatable bonds is 26. The second-order valence-corrected chi connectivity index (χ2v) is 19.2. The number of unbranched alkanes of at least 4 members (excludes halogenated alkanes) is 5. The number of nitrogens with two attached hydrogens (primary N) is 1. The molecule has 7 atom stereocenters. The fraction of sp³-hybridized carbons (Fsp3) is 0.677. The molecule has 1 saturated heterocycles. The van der Waals surface area contributed by atoms with Crippen LogP contribution >= 0.6 is 35.2 Å². The maximum atomic E-state index is 12.7. The summed E-state index contributed by atoms with van der Waals surface area (Å²) in [5, 5.41) is 26.3. The van der Waals surface area contributed by atoms with Gasteiger partial charge in [-0.3, -0.25) is 32.5 Å². The van der Waals surface area contributed by atoms with E-state index in [0.29, 0.717) is 5.75 Å². The highest BCUT2D eigenvalue weighted by Gasteiger charge is 2.50. The van der Waals surface area contributed by atoms with Gasteiger partial charge < -0.3 is 50.9 Å². The fourth-order valence-electron chi connectivity index (χ4n) is 5.38. The predicted octanol–water partition coefficient (Wildman–Crippen LogP) is 1.58. The minimum absolute atomic E-state index is 0.0313. The Morgan fingerprint density at radius 2 is 1.73 bits per heavy atom. The first-order valence-electron chi connectivity index (χ1n) is 18.3. The van der Waals surface area contributed by atoms with Crippen LogP contribution in [0.5, 0.6) is 0 Å². The number of nitrogens with zero attached hydrogens (tertiary/aromatic N) is 4. The summed E-state index contributed by atoms with van der Waals surface area (Å²) in [6.07, 6.45) is 2.97. The first-order chi connectivity index (χ1) is 27.6. The van der Waals surface area contributed by atoms with E-state index in [-0.39, 0.29) is 41.6 Å². The number of carbonyl (C=O) groups excluding carboxylic acids is 3. The van der Waals surface area contributed by atoms with Gasteiger partial charge in [0.05, 0.1) is 19.5 Å². The van der Waals surface area contributed by atoms with Crippen LogP contribution in [0.3, 0.4) is 0 Å². The summed E-state index contributed by atoms with van der Waals surface area (Å²) in [5.41, 5.74) is 4.27. The lowest BCUT2D eigenvalue weighted by molar-refractivity contribution is -0.137. The van der Waals surface area contributed by atoms with Gasteiger partial charge in [0.1, 0.15) is 36.3 Å². The molecule has 0 saturated carbocycles. The number of allylic oxidation sites excluding steroid dienone is 1. The van der Waals surface area contributed by atoms with E-state index in [9.17, 15) is 57.9 Å². The largest absolute Gasteiger partial charge is 0.481 e. The Kier molecular flexibility index (Phi) is 19.7. The van der Waals surface area contributed by atoms with Crippen molar-refractivity contribution >= 4 is 69.1 Å². The van der Waals surface area contributed by atoms with Crippen LogP contribution in [0.25, 0.3) is 11.2 Å². The highest BCUT2D eigenvalue weighted by atomic mass is 32.2. The number of thioether (sulfide) groups is 1. The molecule has 1 aliphatic rings. The van der Waals surface area contributed by atoms with E-state index in [2.05, 4.69) is 41.3 Å². The van der Waals surface area contributed by atoms with E-state index < -0.39 is 84.6 Å². The van der Waals surface area contributed by atoms with Gasteiger partial charge in [-0.2, -0.15) is 4.31 Å². The minimum Gasteiger partial charge on any atom is -0.386 e. The zero-order valence-electron chi connectivity index (χ0n) is 32.5. The lowest BCUT2D eigenvalue weighted by atomic mass is 9.87. The van der Waals surface area contributed by atoms with Gasteiger partial charge in [0.15, 0.2) is 17.7 Å². The molecule has 59 heavy (non-hydrogen) atoms. The average molecular weight is 920 g/mol. The van der Waals surface area contributed by atoms with Gasteiger partial charge in [-0.25, -0.2) is 28.6 Å². The summed E-state index contributed by atoms with van der Waals surface area (Å²) in [6.45, 7) is 2.65. The number of ether oxygens (including phenoxy) is 1. The van der Waals surface area contributed by atoms with Crippen molar-refractivity contribution in [3.63, 3.8) is 0 Å². The number of carbonyl (C=O) groups is 3. The van der Waals surface area contributed by atoms with E-state index in [1.54, 1.807) is 0 Å². The summed E-state index contributed by atoms with van der Waals surface area (Å²) < 4.78 is 62.2. The number of nitrogens with one attached hydrogen (secondary N) is 2. The van der Waals surface area contributed by atoms with Crippen molar-refractivity contribution in [1.29, 1.82) is 0 Å². The number of aromatic nitrogens is 4. The summed E-state index contributed by atoms with van der Waals surface area (Å²) in [6, 6.07) is 0. The number of imidazole rings is 1. The number of phosphoric ester groups is 3. The average Bonchev–Trinajstić information content (AvgIpc) is 3.71. The molecule has 0 aliphatic carbocycles. The van der Waals surface area contributed by atoms with Gasteiger partial charge in [0.2, 0.25) is 16.9 Å². The normalized spacial score (nSPS) is 21.3. The van der Waals surface area contributed by atoms with Crippen LogP contribution in [0.15, 0.2) is 24.8 Å². The van der Waals surface area contributed by atoms with Crippen molar-refractivity contribution in [2.45, 2.75) is 96.4 Å². The molecule has 0 spiro atoms. The Morgan fingerprint density at radius 3 is 2.42 bits per heavy atom. The molecule has 28 heteroatoms. The summed E-state index contributed by atoms with van der Waals surface area (Å²) >= 11 is 1.06. The third-order valence-corrected chi connectivity index (χ3v) is 12.4. The van der Waals surface area contributed by atoms with Crippen molar-refractivity contribution in [3.8, 4) is 0 Å². The number of hydrogen-bond acceptors (Lipinski definition) is 18. The number of aliphatic hydroxyl groups excluding tert-OH is 2. The Balaban J connectivity index is 1.43. The molecule has 334 valence electrons. The molecule has 2 aromatic rings. The number of fused-ring (bicyclic) bond motifs is 1. The number of hydrogen-bond donors (Lipinski definition) is 9. The van der Waals surface area contributed by atoms with Gasteiger partial charge in [-0.1, -0.05) is 64.3 Å². The van der Waals surface area contributed by atoms with Crippen LogP contribution in [0.4, 0.5) is 5.82 Å². The molecule has 3 rings (SSSR count). The molecule has 10 N–H and O–H groups in total. The molecule has 0 aromatic carbocycles. The van der Waals surface area contributed by atoms with E-state index in [1.165, 1.54) is 32.8 Å². The van der Waals surface area contributed by atoms with Gasteiger partial charge >= 0.3 is 23.5 Å². The summed E-state index contributed by atoms with van der Waals surface area (Å²) in [4.78, 5) is 87.7. The Labute approximate surface area is 343 Å². The van der Waals surface area contributed by atoms with Gasteiger partial charge in [0, 0.05) is 30.7 Å². The molecule has 2 unspecified atom stereocenters. The second-order valence-electron chi connectivity index (χ2n) is 13.8. The SMILES string of the molecule is CCCCCCC/C=C\C(=O)SCCNC(=O)CCNC(=O)[C@H](O)C(C)(C)COP(=O)(O)OP(=O)(O)OC[C@H]1O[C@@H](n2cnc3c(N)ncnc32)[C@H](O)[C@@H]1OP(=O)(O)O. The topological polar surface area (TPSA) is 364 Å². The van der Waals surface area contributed by atoms with E-state index in [4.69, 9.17) is 19.5 Å². The van der Waals surface area contributed by atoms with Crippen molar-refractivity contribution < 1.29 is 80.5 Å². The van der Waals surface area contributed by atoms with Crippen molar-refractivity contribution in [2.75, 3.05) is 37.8 Å². The van der Waals surface area contributed by atoms with Crippen molar-refractivity contribution in [3.05, 3.63) is 24.8 Å². The number of nitrogen functional groups attached to an aromatic ring is 1. The van der Waals surface area contributed by atoms with Crippen LogP contribution < -0.4 is 16.4 Å². The van der Waals surface area contributed by atoms with Gasteiger partial charge in [-0.05, 0) is 18.9 Å². The van der Waals surface area contributed by atoms with Crippen LogP contribution in [0.1, 0.15) is 71.9 Å². The van der Waals surface area contributed by atoms with E-state index >= 15 is 0 Å². The van der Waals surface area contributed by atoms with Gasteiger partial charge in [-0.15, -0.1) is 0 Å². The van der Waals surface area contributed by atoms with Gasteiger partial charge in [0.25, 0.3) is 0 Å². The monoisotopic (exact) mass is 919 g/mol. The highest BCUT2D eigenvalue weighted by molar-refractivity contribution is 8.14. The zero-order valence-corrected chi connectivity index (χ0v) is 36.0. The maximum Gasteiger partial charge on any atom is 0.481 e. The van der Waals surface area contributed by atoms with Crippen LogP contribution in [0.2, 0.25) is 0 Å². The highest BCUT2D eigenvalue weighted by Crippen LogP contribution is 2.61. The maximum absolute atomic E-state index is 12.7. The standard InChI is InChI=1S/C31H52N7O17P3S/c1-4-5-6-7-8-9-10-11-22(40)59-15-14-33-21(39)12-13-34-29(43)26(42)31(2,3)17-52-58(49,50)55-57(47,48)51-16-20-25(54-56(44,45)46)24(41)30(53-20)38-19-37-23-27(32)35-18-36-28(23)38/h10-11,18-20,24-26,30,41-42H,4-9,12-17H2,1-3H3,(H,33,39)(H,34,43)(H,47,48)(H,49,50)(H2,32,35,36)(H2,44,45,46)/b11-10-/t20-,24-,25-,26+,30-/m1/s1. The number of anilines is 1.